The van der Waals surface area contributed by atoms with Crippen LogP contribution in [0.15, 0.2) is 54.7 Å². The zero-order valence-corrected chi connectivity index (χ0v) is 22.1. The van der Waals surface area contributed by atoms with Crippen LogP contribution in [-0.4, -0.2) is 48.5 Å². The second-order valence-electron chi connectivity index (χ2n) is 9.78. The fraction of sp³-hybridized carbons (Fsp3) is 0.393. The number of piperidine rings is 1. The van der Waals surface area contributed by atoms with E-state index in [-0.39, 0.29) is 17.7 Å². The predicted octanol–water partition coefficient (Wildman–Crippen LogP) is 4.52. The number of benzene rings is 2. The van der Waals surface area contributed by atoms with Crippen LogP contribution < -0.4 is 11.1 Å². The van der Waals surface area contributed by atoms with Crippen molar-refractivity contribution in [2.45, 2.75) is 52.1 Å². The van der Waals surface area contributed by atoms with Gasteiger partial charge >= 0.3 is 0 Å². The van der Waals surface area contributed by atoms with Gasteiger partial charge in [-0.3, -0.25) is 4.79 Å². The fourth-order valence-corrected chi connectivity index (χ4v) is 6.02. The van der Waals surface area contributed by atoms with Crippen LogP contribution >= 0.6 is 0 Å². The summed E-state index contributed by atoms with van der Waals surface area (Å²) in [6.07, 6.45) is 3.43. The topological polar surface area (TPSA) is 108 Å². The molecule has 1 saturated heterocycles. The molecule has 1 fully saturated rings. The molecule has 2 heterocycles. The van der Waals surface area contributed by atoms with Crippen LogP contribution in [-0.2, 0) is 16.6 Å². The summed E-state index contributed by atoms with van der Waals surface area (Å²) in [4.78, 5) is 15.7. The van der Waals surface area contributed by atoms with Gasteiger partial charge in [-0.25, -0.2) is 12.7 Å². The van der Waals surface area contributed by atoms with Crippen LogP contribution in [0.3, 0.4) is 0 Å². The quantitative estimate of drug-likeness (QED) is 0.369. The Morgan fingerprint density at radius 3 is 2.58 bits per heavy atom. The lowest BCUT2D eigenvalue weighted by atomic mass is 9.88. The van der Waals surface area contributed by atoms with Crippen molar-refractivity contribution >= 4 is 26.8 Å². The lowest BCUT2D eigenvalue weighted by Gasteiger charge is -2.31. The van der Waals surface area contributed by atoms with Crippen molar-refractivity contribution in [1.29, 1.82) is 0 Å². The number of hydrogen-bond acceptors (Lipinski definition) is 4. The molecule has 4 rings (SSSR count). The second-order valence-corrected chi connectivity index (χ2v) is 12.0. The minimum Gasteiger partial charge on any atom is -0.366 e. The Balaban J connectivity index is 1.67. The highest BCUT2D eigenvalue weighted by atomic mass is 32.2. The summed E-state index contributed by atoms with van der Waals surface area (Å²) >= 11 is 0. The van der Waals surface area contributed by atoms with Crippen LogP contribution in [0.5, 0.6) is 0 Å². The molecule has 192 valence electrons. The lowest BCUT2D eigenvalue weighted by molar-refractivity contribution is 0.100. The van der Waals surface area contributed by atoms with Crippen molar-refractivity contribution in [2.24, 2.45) is 5.73 Å². The molecule has 4 N–H and O–H groups in total. The summed E-state index contributed by atoms with van der Waals surface area (Å²) in [5.41, 5.74) is 12.2. The summed E-state index contributed by atoms with van der Waals surface area (Å²) < 4.78 is 26.2. The van der Waals surface area contributed by atoms with E-state index in [1.807, 2.05) is 31.3 Å². The van der Waals surface area contributed by atoms with E-state index in [2.05, 4.69) is 42.0 Å². The second kappa shape index (κ2) is 10.6. The molecule has 8 heteroatoms. The molecule has 2 aromatic carbocycles. The fourth-order valence-electron chi connectivity index (χ4n) is 4.89. The van der Waals surface area contributed by atoms with E-state index in [1.165, 1.54) is 0 Å². The van der Waals surface area contributed by atoms with Crippen molar-refractivity contribution in [3.8, 4) is 11.1 Å². The number of H-pyrrole nitrogens is 1. The lowest BCUT2D eigenvalue weighted by Crippen LogP contribution is -2.38. The first-order chi connectivity index (χ1) is 17.1. The molecule has 7 nitrogen and oxygen atoms in total. The molecule has 0 bridgehead atoms. The van der Waals surface area contributed by atoms with Crippen molar-refractivity contribution in [3.63, 3.8) is 0 Å². The van der Waals surface area contributed by atoms with E-state index in [1.54, 1.807) is 11.2 Å². The van der Waals surface area contributed by atoms with Crippen molar-refractivity contribution < 1.29 is 13.2 Å². The van der Waals surface area contributed by atoms with E-state index < -0.39 is 15.9 Å². The van der Waals surface area contributed by atoms with Gasteiger partial charge in [0.15, 0.2) is 0 Å². The minimum atomic E-state index is -3.18. The van der Waals surface area contributed by atoms with Gasteiger partial charge in [0.2, 0.25) is 10.0 Å². The maximum absolute atomic E-state index is 12.4. The zero-order valence-electron chi connectivity index (χ0n) is 21.3. The number of primary amides is 1. The third-order valence-corrected chi connectivity index (χ3v) is 9.23. The third-order valence-electron chi connectivity index (χ3n) is 7.35. The number of nitrogens with one attached hydrogen (secondary N) is 2. The summed E-state index contributed by atoms with van der Waals surface area (Å²) in [6, 6.07) is 12.5. The van der Waals surface area contributed by atoms with Crippen molar-refractivity contribution in [1.82, 2.24) is 14.6 Å². The Hall–Kier alpha value is -2.94. The van der Waals surface area contributed by atoms with Gasteiger partial charge in [0.25, 0.3) is 5.91 Å². The molecule has 0 spiro atoms. The predicted molar refractivity (Wildman–Crippen MR) is 146 cm³/mol. The van der Waals surface area contributed by atoms with Gasteiger partial charge in [0.05, 0.1) is 16.8 Å². The number of hydrogen-bond donors (Lipinski definition) is 3. The molecule has 0 radical (unpaired) electrons. The number of aromatic amines is 1. The number of nitrogens with two attached hydrogens (primary N) is 1. The third kappa shape index (κ3) is 5.40. The van der Waals surface area contributed by atoms with Gasteiger partial charge in [-0.15, -0.1) is 0 Å². The number of nitrogens with zero attached hydrogens (tertiary/aromatic N) is 1. The average molecular weight is 509 g/mol. The van der Waals surface area contributed by atoms with Crippen LogP contribution in [0, 0.1) is 0 Å². The standard InChI is InChI=1S/C28H36N4O3S/c1-5-36(34,35)32-11-9-21(10-12-32)26-17-31-27-24(26)14-23(15-25(27)28(29)33)22-8-6-7-20(13-22)16-30-19(4)18(2)3/h6-8,13-15,17,19,21,30-31H,2,5,9-12,16H2,1,3-4H3,(H2,29,33)/t19-/m1/s1. The molecule has 0 unspecified atom stereocenters. The molecule has 1 atom stereocenters. The number of carbonyl (C=O) groups is 1. The Bertz CT molecular complexity index is 1390. The molecule has 1 amide bonds. The number of rotatable bonds is 9. The summed E-state index contributed by atoms with van der Waals surface area (Å²) in [5.74, 6) is -0.152. The summed E-state index contributed by atoms with van der Waals surface area (Å²) in [5, 5.41) is 4.45. The number of carbonyl (C=O) groups excluding carboxylic acids is 1. The first-order valence-electron chi connectivity index (χ1n) is 12.5. The number of aromatic nitrogens is 1. The molecule has 1 aliphatic rings. The maximum Gasteiger partial charge on any atom is 0.250 e. The molecule has 0 aliphatic carbocycles. The first kappa shape index (κ1) is 26.1. The van der Waals surface area contributed by atoms with Crippen molar-refractivity contribution in [2.75, 3.05) is 18.8 Å². The van der Waals surface area contributed by atoms with Gasteiger partial charge < -0.3 is 16.0 Å². The zero-order chi connectivity index (χ0) is 26.0. The summed E-state index contributed by atoms with van der Waals surface area (Å²) in [6.45, 7) is 11.5. The van der Waals surface area contributed by atoms with E-state index in [0.717, 1.165) is 51.6 Å². The van der Waals surface area contributed by atoms with E-state index in [4.69, 9.17) is 5.73 Å². The van der Waals surface area contributed by atoms with Gasteiger partial charge in [0, 0.05) is 37.3 Å². The number of amides is 1. The first-order valence-corrected chi connectivity index (χ1v) is 14.1. The largest absolute Gasteiger partial charge is 0.366 e. The molecule has 1 aliphatic heterocycles. The van der Waals surface area contributed by atoms with Crippen LogP contribution in [0.2, 0.25) is 0 Å². The van der Waals surface area contributed by atoms with Crippen LogP contribution in [0.25, 0.3) is 22.0 Å². The van der Waals surface area contributed by atoms with Crippen LogP contribution in [0.4, 0.5) is 0 Å². The maximum atomic E-state index is 12.4. The highest BCUT2D eigenvalue weighted by Crippen LogP contribution is 2.37. The Morgan fingerprint density at radius 1 is 1.22 bits per heavy atom. The SMILES string of the molecule is C=C(C)[C@@H](C)NCc1cccc(-c2cc(C(N)=O)c3[nH]cc(C4CCN(S(=O)(=O)CC)CC4)c3c2)c1. The van der Waals surface area contributed by atoms with E-state index >= 15 is 0 Å². The Kier molecular flexibility index (Phi) is 7.68. The number of sulfonamides is 1. The van der Waals surface area contributed by atoms with Gasteiger partial charge in [-0.1, -0.05) is 30.4 Å². The van der Waals surface area contributed by atoms with Gasteiger partial charge in [-0.2, -0.15) is 0 Å². The molecule has 3 aromatic rings. The monoisotopic (exact) mass is 508 g/mol. The molecule has 0 saturated carbocycles. The average Bonchev–Trinajstić information content (AvgIpc) is 3.30. The van der Waals surface area contributed by atoms with Crippen LogP contribution in [0.1, 0.15) is 61.0 Å². The Morgan fingerprint density at radius 2 is 1.94 bits per heavy atom. The molecule has 36 heavy (non-hydrogen) atoms. The summed E-state index contributed by atoms with van der Waals surface area (Å²) in [7, 11) is -3.18. The van der Waals surface area contributed by atoms with Crippen molar-refractivity contribution in [3.05, 3.63) is 71.4 Å². The number of fused-ring (bicyclic) bond motifs is 1. The highest BCUT2D eigenvalue weighted by molar-refractivity contribution is 7.89. The molecule has 1 aromatic heterocycles. The highest BCUT2D eigenvalue weighted by Gasteiger charge is 2.29. The van der Waals surface area contributed by atoms with E-state index in [9.17, 15) is 13.2 Å². The molecular weight excluding hydrogens is 472 g/mol. The molecular formula is C28H36N4O3S. The van der Waals surface area contributed by atoms with E-state index in [0.29, 0.717) is 25.2 Å². The van der Waals surface area contributed by atoms with Gasteiger partial charge in [-0.05, 0) is 80.0 Å². The smallest absolute Gasteiger partial charge is 0.250 e. The Labute approximate surface area is 213 Å². The minimum absolute atomic E-state index is 0.122. The normalized spacial score (nSPS) is 16.3. The van der Waals surface area contributed by atoms with Gasteiger partial charge in [0.1, 0.15) is 0 Å².